The number of hydrogen-bond donors (Lipinski definition) is 1. The average molecular weight is 594 g/mol. The van der Waals surface area contributed by atoms with E-state index in [0.29, 0.717) is 30.8 Å². The second-order valence-corrected chi connectivity index (χ2v) is 16.3. The normalized spacial score (nSPS) is 15.3. The lowest BCUT2D eigenvalue weighted by atomic mass is 10.1. The van der Waals surface area contributed by atoms with Crippen LogP contribution in [0.4, 0.5) is 0 Å². The van der Waals surface area contributed by atoms with Crippen LogP contribution in [-0.4, -0.2) is 49.7 Å². The minimum absolute atomic E-state index is 0.0562. The number of benzene rings is 4. The molecule has 1 N–H and O–H groups in total. The highest BCUT2D eigenvalue weighted by molar-refractivity contribution is 6.99. The van der Waals surface area contributed by atoms with Crippen molar-refractivity contribution < 1.29 is 23.9 Å². The van der Waals surface area contributed by atoms with Gasteiger partial charge < -0.3 is 19.2 Å². The lowest BCUT2D eigenvalue weighted by Gasteiger charge is -2.43. The van der Waals surface area contributed by atoms with Crippen molar-refractivity contribution in [2.45, 2.75) is 51.3 Å². The van der Waals surface area contributed by atoms with Crippen molar-refractivity contribution >= 4 is 30.9 Å². The minimum Gasteiger partial charge on any atom is -0.507 e. The minimum atomic E-state index is -2.79. The van der Waals surface area contributed by atoms with Gasteiger partial charge in [0.2, 0.25) is 0 Å². The maximum absolute atomic E-state index is 14.1. The zero-order valence-electron chi connectivity index (χ0n) is 25.0. The van der Waals surface area contributed by atoms with Gasteiger partial charge in [0.25, 0.3) is 14.2 Å². The lowest BCUT2D eigenvalue weighted by molar-refractivity contribution is 0.0687. The second kappa shape index (κ2) is 13.0. The zero-order chi connectivity index (χ0) is 30.5. The molecule has 4 aromatic carbocycles. The van der Waals surface area contributed by atoms with E-state index in [1.54, 1.807) is 12.1 Å². The van der Waals surface area contributed by atoms with Crippen LogP contribution in [0.2, 0.25) is 5.04 Å². The summed E-state index contributed by atoms with van der Waals surface area (Å²) in [7, 11) is -2.79. The molecule has 43 heavy (non-hydrogen) atoms. The smallest absolute Gasteiger partial charge is 0.261 e. The maximum Gasteiger partial charge on any atom is 0.261 e. The number of ether oxygens (including phenoxy) is 1. The van der Waals surface area contributed by atoms with Gasteiger partial charge >= 0.3 is 0 Å². The number of likely N-dealkylation sites (tertiary alicyclic amines) is 1. The summed E-state index contributed by atoms with van der Waals surface area (Å²) in [6.45, 7) is 7.89. The lowest BCUT2D eigenvalue weighted by Crippen LogP contribution is -2.66. The summed E-state index contributed by atoms with van der Waals surface area (Å²) >= 11 is 0. The molecule has 0 spiro atoms. The van der Waals surface area contributed by atoms with Gasteiger partial charge in [-0.15, -0.1) is 0 Å². The van der Waals surface area contributed by atoms with E-state index in [2.05, 4.69) is 69.3 Å². The van der Waals surface area contributed by atoms with Crippen LogP contribution < -0.4 is 15.1 Å². The third-order valence-corrected chi connectivity index (χ3v) is 13.3. The molecule has 5 rings (SSSR count). The summed E-state index contributed by atoms with van der Waals surface area (Å²) < 4.78 is 13.1. The van der Waals surface area contributed by atoms with E-state index in [0.717, 1.165) is 18.4 Å². The number of carbonyl (C=O) groups is 2. The molecule has 0 unspecified atom stereocenters. The number of aromatic hydroxyl groups is 1. The number of carbonyl (C=O) groups excluding carboxylic acids is 2. The van der Waals surface area contributed by atoms with Crippen LogP contribution in [0.1, 0.15) is 59.9 Å². The third-order valence-electron chi connectivity index (χ3n) is 8.34. The van der Waals surface area contributed by atoms with Gasteiger partial charge in [0.05, 0.1) is 18.2 Å². The van der Waals surface area contributed by atoms with Crippen molar-refractivity contribution in [3.63, 3.8) is 0 Å². The number of phenolic OH excluding ortho intramolecular Hbond substituents is 1. The van der Waals surface area contributed by atoms with Gasteiger partial charge in [0.15, 0.2) is 6.29 Å². The van der Waals surface area contributed by atoms with Crippen LogP contribution in [0.5, 0.6) is 11.5 Å². The summed E-state index contributed by atoms with van der Waals surface area (Å²) in [5.74, 6) is 0.134. The molecule has 1 atom stereocenters. The van der Waals surface area contributed by atoms with Crippen LogP contribution in [0.15, 0.2) is 103 Å². The van der Waals surface area contributed by atoms with Gasteiger partial charge in [-0.1, -0.05) is 106 Å². The van der Waals surface area contributed by atoms with E-state index in [1.807, 2.05) is 41.3 Å². The van der Waals surface area contributed by atoms with Crippen molar-refractivity contribution in [3.05, 3.63) is 120 Å². The summed E-state index contributed by atoms with van der Waals surface area (Å²) in [5, 5.41) is 12.2. The standard InChI is InChI=1S/C36H39NO5Si/c1-36(2,3)43(29-16-6-4-7-17-29,30-18-8-5-9-19-30)42-25-27-14-10-11-20-31(27)35(40)37-23-13-15-28(37)26-41-34-22-12-21-33(39)32(34)24-38/h4-12,14,16-22,24,28,39H,13,15,23,25-26H2,1-3H3/t28-/m0/s1. The first-order valence-electron chi connectivity index (χ1n) is 14.8. The molecule has 0 saturated carbocycles. The molecule has 222 valence electrons. The Morgan fingerprint density at radius 2 is 1.53 bits per heavy atom. The molecular weight excluding hydrogens is 554 g/mol. The molecule has 1 aliphatic rings. The zero-order valence-corrected chi connectivity index (χ0v) is 26.0. The summed E-state index contributed by atoms with van der Waals surface area (Å²) in [5.41, 5.74) is 1.59. The van der Waals surface area contributed by atoms with E-state index >= 15 is 0 Å². The van der Waals surface area contributed by atoms with Crippen LogP contribution in [0.3, 0.4) is 0 Å². The Bertz CT molecular complexity index is 1510. The molecule has 7 heteroatoms. The predicted molar refractivity (Wildman–Crippen MR) is 172 cm³/mol. The van der Waals surface area contributed by atoms with Gasteiger partial charge in [-0.2, -0.15) is 0 Å². The Morgan fingerprint density at radius 1 is 0.907 bits per heavy atom. The Balaban J connectivity index is 1.41. The van der Waals surface area contributed by atoms with Crippen LogP contribution in [-0.2, 0) is 11.0 Å². The Kier molecular flexibility index (Phi) is 9.13. The molecule has 1 heterocycles. The molecule has 1 amide bonds. The van der Waals surface area contributed by atoms with Gasteiger partial charge in [-0.3, -0.25) is 9.59 Å². The number of aldehydes is 1. The quantitative estimate of drug-likeness (QED) is 0.181. The van der Waals surface area contributed by atoms with Crippen molar-refractivity contribution in [3.8, 4) is 11.5 Å². The highest BCUT2D eigenvalue weighted by atomic mass is 28.4. The van der Waals surface area contributed by atoms with E-state index < -0.39 is 8.32 Å². The Hall–Kier alpha value is -4.20. The highest BCUT2D eigenvalue weighted by Gasteiger charge is 2.50. The molecule has 0 aliphatic carbocycles. The van der Waals surface area contributed by atoms with Crippen molar-refractivity contribution in [1.29, 1.82) is 0 Å². The van der Waals surface area contributed by atoms with Gasteiger partial charge in [-0.05, 0) is 52.0 Å². The molecule has 1 aliphatic heterocycles. The number of hydrogen-bond acceptors (Lipinski definition) is 5. The van der Waals surface area contributed by atoms with Gasteiger partial charge in [-0.25, -0.2) is 0 Å². The molecule has 6 nitrogen and oxygen atoms in total. The molecule has 0 bridgehead atoms. The molecule has 1 saturated heterocycles. The summed E-state index contributed by atoms with van der Waals surface area (Å²) in [6.07, 6.45) is 2.24. The van der Waals surface area contributed by atoms with Crippen LogP contribution in [0, 0.1) is 0 Å². The number of nitrogens with zero attached hydrogens (tertiary/aromatic N) is 1. The molecule has 0 radical (unpaired) electrons. The monoisotopic (exact) mass is 593 g/mol. The molecule has 1 fully saturated rings. The first-order chi connectivity index (χ1) is 20.8. The summed E-state index contributed by atoms with van der Waals surface area (Å²) in [6, 6.07) is 33.3. The van der Waals surface area contributed by atoms with E-state index in [4.69, 9.17) is 9.16 Å². The highest BCUT2D eigenvalue weighted by Crippen LogP contribution is 2.37. The number of amides is 1. The van der Waals surface area contributed by atoms with Crippen molar-refractivity contribution in [2.75, 3.05) is 13.2 Å². The summed E-state index contributed by atoms with van der Waals surface area (Å²) in [4.78, 5) is 27.4. The first-order valence-corrected chi connectivity index (χ1v) is 16.7. The number of phenols is 1. The van der Waals surface area contributed by atoms with Crippen LogP contribution in [0.25, 0.3) is 0 Å². The fourth-order valence-electron chi connectivity index (χ4n) is 6.20. The molecule has 4 aromatic rings. The van der Waals surface area contributed by atoms with Gasteiger partial charge in [0, 0.05) is 12.1 Å². The fraction of sp³-hybridized carbons (Fsp3) is 0.278. The van der Waals surface area contributed by atoms with Crippen molar-refractivity contribution in [1.82, 2.24) is 4.90 Å². The predicted octanol–water partition coefficient (Wildman–Crippen LogP) is 5.96. The maximum atomic E-state index is 14.1. The number of rotatable bonds is 10. The molecular formula is C36H39NO5Si. The van der Waals surface area contributed by atoms with Crippen LogP contribution >= 0.6 is 0 Å². The second-order valence-electron chi connectivity index (χ2n) is 12.0. The van der Waals surface area contributed by atoms with Gasteiger partial charge in [0.1, 0.15) is 18.1 Å². The molecule has 0 aromatic heterocycles. The first kappa shape index (κ1) is 30.3. The fourth-order valence-corrected chi connectivity index (χ4v) is 10.7. The van der Waals surface area contributed by atoms with Crippen molar-refractivity contribution in [2.24, 2.45) is 0 Å². The Morgan fingerprint density at radius 3 is 2.16 bits per heavy atom. The van der Waals surface area contributed by atoms with E-state index in [9.17, 15) is 14.7 Å². The SMILES string of the molecule is CC(C)(C)[Si](OCc1ccccc1C(=O)N1CCC[C@H]1COc1cccc(O)c1C=O)(c1ccccc1)c1ccccc1. The Labute approximate surface area is 255 Å². The average Bonchev–Trinajstić information content (AvgIpc) is 3.49. The largest absolute Gasteiger partial charge is 0.507 e. The third kappa shape index (κ3) is 6.14. The topological polar surface area (TPSA) is 76.1 Å². The van der Waals surface area contributed by atoms with E-state index in [1.165, 1.54) is 16.4 Å². The van der Waals surface area contributed by atoms with E-state index in [-0.39, 0.29) is 34.9 Å².